The predicted octanol–water partition coefficient (Wildman–Crippen LogP) is 3.53. The van der Waals surface area contributed by atoms with Gasteiger partial charge < -0.3 is 14.2 Å². The lowest BCUT2D eigenvalue weighted by atomic mass is 10.1. The summed E-state index contributed by atoms with van der Waals surface area (Å²) >= 11 is 0. The predicted molar refractivity (Wildman–Crippen MR) is 91.6 cm³/mol. The maximum absolute atomic E-state index is 10.9. The lowest BCUT2D eigenvalue weighted by Gasteiger charge is -2.17. The molecule has 0 spiro atoms. The normalized spacial score (nSPS) is 11.8. The van der Waals surface area contributed by atoms with E-state index in [0.29, 0.717) is 11.5 Å². The molecule has 1 N–H and O–H groups in total. The zero-order valence-corrected chi connectivity index (χ0v) is 13.9. The molecule has 24 heavy (non-hydrogen) atoms. The summed E-state index contributed by atoms with van der Waals surface area (Å²) < 4.78 is 15.8. The van der Waals surface area contributed by atoms with Crippen LogP contribution < -0.4 is 14.9 Å². The van der Waals surface area contributed by atoms with Crippen LogP contribution in [0.4, 0.5) is 4.79 Å². The summed E-state index contributed by atoms with van der Waals surface area (Å²) in [6.07, 6.45) is 0.750. The van der Waals surface area contributed by atoms with E-state index in [1.165, 1.54) is 13.3 Å². The number of nitrogens with zero attached hydrogens (tertiary/aromatic N) is 1. The van der Waals surface area contributed by atoms with E-state index in [-0.39, 0.29) is 6.10 Å². The number of benzene rings is 2. The van der Waals surface area contributed by atoms with Crippen molar-refractivity contribution in [2.45, 2.75) is 13.0 Å². The lowest BCUT2D eigenvalue weighted by molar-refractivity contribution is 0.171. The molecule has 6 nitrogen and oxygen atoms in total. The van der Waals surface area contributed by atoms with Crippen LogP contribution in [0.5, 0.6) is 11.5 Å². The summed E-state index contributed by atoms with van der Waals surface area (Å²) in [7, 11) is 2.84. The van der Waals surface area contributed by atoms with Gasteiger partial charge >= 0.3 is 6.09 Å². The van der Waals surface area contributed by atoms with E-state index >= 15 is 0 Å². The van der Waals surface area contributed by atoms with Crippen LogP contribution in [0.15, 0.2) is 53.6 Å². The first-order valence-electron chi connectivity index (χ1n) is 7.40. The van der Waals surface area contributed by atoms with E-state index in [1.54, 1.807) is 19.2 Å². The van der Waals surface area contributed by atoms with Crippen molar-refractivity contribution in [2.75, 3.05) is 14.2 Å². The number of nitrogens with one attached hydrogen (secondary N) is 1. The Labute approximate surface area is 141 Å². The summed E-state index contributed by atoms with van der Waals surface area (Å²) in [6, 6.07) is 15.3. The van der Waals surface area contributed by atoms with Gasteiger partial charge in [-0.1, -0.05) is 30.3 Å². The molecule has 2 aromatic carbocycles. The lowest BCUT2D eigenvalue weighted by Crippen LogP contribution is -2.16. The van der Waals surface area contributed by atoms with Gasteiger partial charge in [0.1, 0.15) is 6.10 Å². The van der Waals surface area contributed by atoms with Gasteiger partial charge in [0.05, 0.1) is 20.4 Å². The third-order valence-corrected chi connectivity index (χ3v) is 3.32. The number of hydrazone groups is 1. The zero-order valence-electron chi connectivity index (χ0n) is 13.9. The minimum atomic E-state index is -0.630. The van der Waals surface area contributed by atoms with E-state index in [4.69, 9.17) is 9.47 Å². The molecule has 0 unspecified atom stereocenters. The van der Waals surface area contributed by atoms with Gasteiger partial charge in [-0.3, -0.25) is 0 Å². The Morgan fingerprint density at radius 2 is 1.88 bits per heavy atom. The number of amides is 1. The van der Waals surface area contributed by atoms with Gasteiger partial charge in [0.25, 0.3) is 0 Å². The van der Waals surface area contributed by atoms with Crippen LogP contribution in [0.3, 0.4) is 0 Å². The molecule has 1 atom stereocenters. The largest absolute Gasteiger partial charge is 0.493 e. The molecule has 0 aliphatic heterocycles. The Balaban J connectivity index is 2.10. The van der Waals surface area contributed by atoms with Gasteiger partial charge in [0.15, 0.2) is 11.5 Å². The molecule has 6 heteroatoms. The number of hydrogen-bond donors (Lipinski definition) is 1. The number of methoxy groups -OCH3 is 2. The average molecular weight is 328 g/mol. The average Bonchev–Trinajstić information content (AvgIpc) is 2.63. The first kappa shape index (κ1) is 17.3. The fraction of sp³-hybridized carbons (Fsp3) is 0.222. The summed E-state index contributed by atoms with van der Waals surface area (Å²) in [4.78, 5) is 10.9. The van der Waals surface area contributed by atoms with Crippen LogP contribution in [-0.4, -0.2) is 26.5 Å². The van der Waals surface area contributed by atoms with E-state index in [0.717, 1.165) is 11.1 Å². The topological polar surface area (TPSA) is 69.2 Å². The van der Waals surface area contributed by atoms with E-state index < -0.39 is 6.09 Å². The van der Waals surface area contributed by atoms with E-state index in [9.17, 15) is 4.79 Å². The number of ether oxygens (including phenoxy) is 3. The maximum Gasteiger partial charge on any atom is 0.427 e. The Morgan fingerprint density at radius 3 is 2.54 bits per heavy atom. The molecule has 0 fully saturated rings. The molecule has 2 aromatic rings. The van der Waals surface area contributed by atoms with Crippen LogP contribution in [0.1, 0.15) is 24.2 Å². The van der Waals surface area contributed by atoms with Crippen LogP contribution in [0, 0.1) is 0 Å². The van der Waals surface area contributed by atoms with Crippen molar-refractivity contribution in [1.29, 1.82) is 0 Å². The molecule has 0 radical (unpaired) electrons. The Bertz CT molecular complexity index is 701. The third kappa shape index (κ3) is 4.74. The minimum absolute atomic E-state index is 0.111. The first-order valence-corrected chi connectivity index (χ1v) is 7.40. The van der Waals surface area contributed by atoms with Crippen molar-refractivity contribution in [3.05, 3.63) is 59.7 Å². The highest BCUT2D eigenvalue weighted by Crippen LogP contribution is 2.31. The Hall–Kier alpha value is -3.02. The smallest absolute Gasteiger partial charge is 0.427 e. The Morgan fingerprint density at radius 1 is 1.12 bits per heavy atom. The highest BCUT2D eigenvalue weighted by Gasteiger charge is 2.11. The zero-order chi connectivity index (χ0) is 17.4. The monoisotopic (exact) mass is 328 g/mol. The van der Waals surface area contributed by atoms with Crippen LogP contribution in [-0.2, 0) is 4.74 Å². The van der Waals surface area contributed by atoms with Gasteiger partial charge in [0, 0.05) is 0 Å². The molecular weight excluding hydrogens is 308 g/mol. The molecule has 0 aromatic heterocycles. The number of rotatable bonds is 6. The van der Waals surface area contributed by atoms with Gasteiger partial charge in [-0.15, -0.1) is 0 Å². The second-order valence-electron chi connectivity index (χ2n) is 4.94. The fourth-order valence-electron chi connectivity index (χ4n) is 2.05. The van der Waals surface area contributed by atoms with Crippen molar-refractivity contribution in [3.63, 3.8) is 0 Å². The third-order valence-electron chi connectivity index (χ3n) is 3.32. The maximum atomic E-state index is 10.9. The molecule has 0 heterocycles. The minimum Gasteiger partial charge on any atom is -0.493 e. The molecule has 0 saturated heterocycles. The van der Waals surface area contributed by atoms with Gasteiger partial charge in [-0.2, -0.15) is 5.10 Å². The van der Waals surface area contributed by atoms with Crippen molar-refractivity contribution < 1.29 is 19.0 Å². The summed E-state index contributed by atoms with van der Waals surface area (Å²) in [5.74, 6) is 1.21. The van der Waals surface area contributed by atoms with Crippen LogP contribution >= 0.6 is 0 Å². The number of carbonyl (C=O) groups is 1. The molecule has 0 saturated carbocycles. The fourth-order valence-corrected chi connectivity index (χ4v) is 2.05. The molecule has 2 rings (SSSR count). The quantitative estimate of drug-likeness (QED) is 0.650. The van der Waals surface area contributed by atoms with E-state index in [2.05, 4.69) is 15.3 Å². The van der Waals surface area contributed by atoms with Crippen molar-refractivity contribution in [1.82, 2.24) is 5.43 Å². The van der Waals surface area contributed by atoms with Crippen LogP contribution in [0.2, 0.25) is 0 Å². The molecule has 0 bridgehead atoms. The second kappa shape index (κ2) is 8.57. The van der Waals surface area contributed by atoms with Gasteiger partial charge in [-0.05, 0) is 36.2 Å². The van der Waals surface area contributed by atoms with Gasteiger partial charge in [-0.25, -0.2) is 10.2 Å². The molecule has 0 aliphatic carbocycles. The second-order valence-corrected chi connectivity index (χ2v) is 4.94. The Kier molecular flexibility index (Phi) is 6.19. The number of carbonyl (C=O) groups excluding carboxylic acids is 1. The summed E-state index contributed by atoms with van der Waals surface area (Å²) in [6.45, 7) is 1.98. The van der Waals surface area contributed by atoms with Crippen molar-refractivity contribution >= 4 is 12.3 Å². The highest BCUT2D eigenvalue weighted by molar-refractivity contribution is 5.82. The summed E-state index contributed by atoms with van der Waals surface area (Å²) in [5.41, 5.74) is 4.05. The highest BCUT2D eigenvalue weighted by atomic mass is 16.5. The SMILES string of the molecule is COC(=O)N/N=C\c1ccc(O[C@@H](C)c2ccccc2)c(OC)c1. The first-order chi connectivity index (χ1) is 11.6. The summed E-state index contributed by atoms with van der Waals surface area (Å²) in [5, 5.41) is 3.78. The van der Waals surface area contributed by atoms with E-state index in [1.807, 2.05) is 43.3 Å². The van der Waals surface area contributed by atoms with Crippen molar-refractivity contribution in [2.24, 2.45) is 5.10 Å². The molecule has 0 aliphatic rings. The van der Waals surface area contributed by atoms with Crippen molar-refractivity contribution in [3.8, 4) is 11.5 Å². The van der Waals surface area contributed by atoms with Gasteiger partial charge in [0.2, 0.25) is 0 Å². The standard InChI is InChI=1S/C18H20N2O4/c1-13(15-7-5-4-6-8-15)24-16-10-9-14(11-17(16)22-2)12-19-20-18(21)23-3/h4-13H,1-3H3,(H,20,21)/b19-12-/t13-/m0/s1. The molecule has 126 valence electrons. The van der Waals surface area contributed by atoms with Crippen LogP contribution in [0.25, 0.3) is 0 Å². The molecular formula is C18H20N2O4. The number of hydrogen-bond acceptors (Lipinski definition) is 5. The molecule has 1 amide bonds.